The number of aliphatic hydroxyl groups is 1. The summed E-state index contributed by atoms with van der Waals surface area (Å²) in [5, 5.41) is 16.5. The van der Waals surface area contributed by atoms with Gasteiger partial charge in [-0.3, -0.25) is 9.18 Å². The number of halogens is 4. The van der Waals surface area contributed by atoms with Gasteiger partial charge < -0.3 is 10.4 Å². The van der Waals surface area contributed by atoms with Gasteiger partial charge in [0.1, 0.15) is 0 Å². The quantitative estimate of drug-likeness (QED) is 0.645. The summed E-state index contributed by atoms with van der Waals surface area (Å²) in [6.07, 6.45) is 2.99. The molecule has 0 radical (unpaired) electrons. The number of rotatable bonds is 6. The van der Waals surface area contributed by atoms with E-state index in [1.54, 1.807) is 13.8 Å². The molecule has 172 valence electrons. The van der Waals surface area contributed by atoms with Gasteiger partial charge in [-0.25, -0.2) is 4.68 Å². The second-order valence-electron chi connectivity index (χ2n) is 10.4. The largest absolute Gasteiger partial charge is 0.434 e. The van der Waals surface area contributed by atoms with E-state index in [4.69, 9.17) is 0 Å². The third-order valence-corrected chi connectivity index (χ3v) is 7.35. The first-order chi connectivity index (χ1) is 14.5. The van der Waals surface area contributed by atoms with Crippen LogP contribution in [0.3, 0.4) is 0 Å². The Morgan fingerprint density at radius 3 is 2.48 bits per heavy atom. The highest BCUT2D eigenvalue weighted by atomic mass is 19.4. The van der Waals surface area contributed by atoms with Crippen LogP contribution < -0.4 is 5.32 Å². The van der Waals surface area contributed by atoms with E-state index in [9.17, 15) is 27.5 Å². The first-order valence-corrected chi connectivity index (χ1v) is 10.8. The number of carbonyl (C=O) groups excluding carboxylic acids is 1. The number of allylic oxidation sites excluding steroid dienone is 1. The van der Waals surface area contributed by atoms with Crippen LogP contribution in [0, 0.1) is 28.6 Å². The van der Waals surface area contributed by atoms with E-state index in [1.165, 1.54) is 6.08 Å². The summed E-state index contributed by atoms with van der Waals surface area (Å²) in [5.74, 6) is 0.0940. The molecule has 1 aromatic rings. The van der Waals surface area contributed by atoms with Gasteiger partial charge in [0.25, 0.3) is 5.91 Å². The lowest BCUT2D eigenvalue weighted by Crippen LogP contribution is -2.60. The highest BCUT2D eigenvalue weighted by Gasteiger charge is 2.55. The molecule has 4 bridgehead atoms. The van der Waals surface area contributed by atoms with Crippen molar-refractivity contribution in [2.24, 2.45) is 28.6 Å². The normalized spacial score (nSPS) is 32.7. The van der Waals surface area contributed by atoms with Gasteiger partial charge in [0, 0.05) is 24.3 Å². The summed E-state index contributed by atoms with van der Waals surface area (Å²) in [6, 6.07) is -0.186. The molecule has 2 unspecified atom stereocenters. The van der Waals surface area contributed by atoms with Gasteiger partial charge in [-0.05, 0) is 55.3 Å². The maximum absolute atomic E-state index is 13.8. The summed E-state index contributed by atoms with van der Waals surface area (Å²) in [5.41, 5.74) is -2.72. The van der Waals surface area contributed by atoms with E-state index in [0.717, 1.165) is 44.5 Å². The molecule has 1 heterocycles. The Balaban J connectivity index is 1.57. The lowest BCUT2D eigenvalue weighted by atomic mass is 9.48. The Kier molecular flexibility index (Phi) is 5.47. The van der Waals surface area contributed by atoms with E-state index in [-0.39, 0.29) is 29.9 Å². The van der Waals surface area contributed by atoms with Crippen LogP contribution in [0.25, 0.3) is 6.20 Å². The molecule has 0 spiro atoms. The third kappa shape index (κ3) is 4.13. The smallest absolute Gasteiger partial charge is 0.396 e. The SMILES string of the molecule is CC(C)(/C=C/n1ncc(C(=O)N[C@H]2C3CC4CC2C[C@](CO)(C4)C3)c1C(F)(F)F)CF. The molecule has 4 saturated carbocycles. The number of aliphatic hydroxyl groups excluding tert-OH is 1. The highest BCUT2D eigenvalue weighted by Crippen LogP contribution is 2.59. The topological polar surface area (TPSA) is 67.2 Å². The molecular weight excluding hydrogens is 414 g/mol. The molecule has 31 heavy (non-hydrogen) atoms. The summed E-state index contributed by atoms with van der Waals surface area (Å²) < 4.78 is 55.0. The average Bonchev–Trinajstić information content (AvgIpc) is 3.13. The Labute approximate surface area is 178 Å². The zero-order valence-electron chi connectivity index (χ0n) is 17.8. The van der Waals surface area contributed by atoms with E-state index >= 15 is 0 Å². The van der Waals surface area contributed by atoms with Crippen LogP contribution in [-0.4, -0.2) is 40.1 Å². The predicted octanol–water partition coefficient (Wildman–Crippen LogP) is 4.29. The maximum atomic E-state index is 13.8. The molecule has 9 heteroatoms. The van der Waals surface area contributed by atoms with Crippen molar-refractivity contribution in [3.63, 3.8) is 0 Å². The molecule has 5 rings (SSSR count). The average molecular weight is 443 g/mol. The maximum Gasteiger partial charge on any atom is 0.434 e. The van der Waals surface area contributed by atoms with Crippen LogP contribution in [0.5, 0.6) is 0 Å². The summed E-state index contributed by atoms with van der Waals surface area (Å²) >= 11 is 0. The summed E-state index contributed by atoms with van der Waals surface area (Å²) in [4.78, 5) is 12.9. The second kappa shape index (κ2) is 7.60. The van der Waals surface area contributed by atoms with Crippen molar-refractivity contribution in [2.45, 2.75) is 58.2 Å². The van der Waals surface area contributed by atoms with Crippen molar-refractivity contribution in [1.82, 2.24) is 15.1 Å². The molecule has 2 atom stereocenters. The van der Waals surface area contributed by atoms with Gasteiger partial charge in [0.2, 0.25) is 0 Å². The number of nitrogens with one attached hydrogen (secondary N) is 1. The van der Waals surface area contributed by atoms with E-state index in [2.05, 4.69) is 10.4 Å². The number of hydrogen-bond donors (Lipinski definition) is 2. The zero-order chi connectivity index (χ0) is 22.6. The standard InChI is InChI=1S/C22H29F4N3O2/c1-20(2,11-23)3-4-29-18(22(24,25)26)16(10-27-29)19(31)28-17-14-5-13-6-15(17)9-21(7-13,8-14)12-30/h3-4,10,13-15,17,30H,5-9,11-12H2,1-2H3,(H,28,31)/b4-3+/t13?,14?,15?,17-,21-. The number of amides is 1. The van der Waals surface area contributed by atoms with Crippen molar-refractivity contribution in [2.75, 3.05) is 13.3 Å². The Bertz CT molecular complexity index is 861. The number of alkyl halides is 4. The molecule has 4 aliphatic carbocycles. The molecule has 0 aromatic carbocycles. The zero-order valence-corrected chi connectivity index (χ0v) is 17.8. The minimum Gasteiger partial charge on any atom is -0.396 e. The number of carbonyl (C=O) groups is 1. The van der Waals surface area contributed by atoms with Gasteiger partial charge in [0.05, 0.1) is 18.4 Å². The fraction of sp³-hybridized carbons (Fsp3) is 0.727. The van der Waals surface area contributed by atoms with Gasteiger partial charge in [-0.2, -0.15) is 18.3 Å². The molecule has 4 fully saturated rings. The van der Waals surface area contributed by atoms with E-state index in [1.807, 2.05) is 0 Å². The van der Waals surface area contributed by atoms with Gasteiger partial charge in [-0.15, -0.1) is 0 Å². The number of nitrogens with zero attached hydrogens (tertiary/aromatic N) is 2. The van der Waals surface area contributed by atoms with Crippen molar-refractivity contribution in [3.8, 4) is 0 Å². The number of aromatic nitrogens is 2. The molecule has 0 saturated heterocycles. The van der Waals surface area contributed by atoms with Crippen molar-refractivity contribution < 1.29 is 27.5 Å². The lowest BCUT2D eigenvalue weighted by Gasteiger charge is -2.59. The van der Waals surface area contributed by atoms with Gasteiger partial charge in [-0.1, -0.05) is 19.9 Å². The first-order valence-electron chi connectivity index (χ1n) is 10.8. The fourth-order valence-corrected chi connectivity index (χ4v) is 6.09. The molecule has 0 aliphatic heterocycles. The third-order valence-electron chi connectivity index (χ3n) is 7.35. The number of hydrogen-bond acceptors (Lipinski definition) is 3. The van der Waals surface area contributed by atoms with Crippen LogP contribution in [0.15, 0.2) is 12.3 Å². The van der Waals surface area contributed by atoms with Crippen molar-refractivity contribution in [1.29, 1.82) is 0 Å². The Morgan fingerprint density at radius 2 is 1.94 bits per heavy atom. The minimum atomic E-state index is -4.79. The van der Waals surface area contributed by atoms with Gasteiger partial charge >= 0.3 is 6.18 Å². The summed E-state index contributed by atoms with van der Waals surface area (Å²) in [7, 11) is 0. The minimum absolute atomic E-state index is 0.0895. The molecule has 1 aromatic heterocycles. The van der Waals surface area contributed by atoms with Crippen LogP contribution in [0.2, 0.25) is 0 Å². The van der Waals surface area contributed by atoms with Crippen molar-refractivity contribution >= 4 is 12.1 Å². The van der Waals surface area contributed by atoms with Crippen LogP contribution in [0.1, 0.15) is 62.0 Å². The molecule has 5 nitrogen and oxygen atoms in total. The van der Waals surface area contributed by atoms with Crippen LogP contribution in [0.4, 0.5) is 17.6 Å². The Morgan fingerprint density at radius 1 is 1.29 bits per heavy atom. The first kappa shape index (κ1) is 22.3. The second-order valence-corrected chi connectivity index (χ2v) is 10.4. The fourth-order valence-electron chi connectivity index (χ4n) is 6.09. The van der Waals surface area contributed by atoms with Crippen molar-refractivity contribution in [3.05, 3.63) is 23.5 Å². The highest BCUT2D eigenvalue weighted by molar-refractivity contribution is 5.95. The molecule has 1 amide bonds. The molecule has 4 aliphatic rings. The molecule has 2 N–H and O–H groups in total. The molecular formula is C22H29F4N3O2. The Hall–Kier alpha value is -1.90. The van der Waals surface area contributed by atoms with Crippen LogP contribution >= 0.6 is 0 Å². The predicted molar refractivity (Wildman–Crippen MR) is 107 cm³/mol. The lowest BCUT2D eigenvalue weighted by molar-refractivity contribution is -0.142. The van der Waals surface area contributed by atoms with Gasteiger partial charge in [0.15, 0.2) is 5.69 Å². The van der Waals surface area contributed by atoms with Crippen LogP contribution in [-0.2, 0) is 6.18 Å². The van der Waals surface area contributed by atoms with E-state index in [0.29, 0.717) is 10.6 Å². The monoisotopic (exact) mass is 443 g/mol. The summed E-state index contributed by atoms with van der Waals surface area (Å²) in [6.45, 7) is 2.50. The van der Waals surface area contributed by atoms with E-state index < -0.39 is 35.4 Å².